The number of ether oxygens (including phenoxy) is 2. The quantitative estimate of drug-likeness (QED) is 0.793. The first kappa shape index (κ1) is 12.5. The van der Waals surface area contributed by atoms with E-state index in [-0.39, 0.29) is 6.79 Å². The number of para-hydroxylation sites is 2. The summed E-state index contributed by atoms with van der Waals surface area (Å²) >= 11 is 0. The SMILES string of the molecule is NCCc1ccccc1OCOc1ccccc1. The van der Waals surface area contributed by atoms with E-state index in [1.807, 2.05) is 54.6 Å². The lowest BCUT2D eigenvalue weighted by atomic mass is 10.1. The Bertz CT molecular complexity index is 471. The van der Waals surface area contributed by atoms with E-state index < -0.39 is 0 Å². The monoisotopic (exact) mass is 243 g/mol. The molecule has 0 aromatic heterocycles. The fourth-order valence-corrected chi connectivity index (χ4v) is 1.68. The average Bonchev–Trinajstić information content (AvgIpc) is 2.42. The van der Waals surface area contributed by atoms with Gasteiger partial charge in [0.2, 0.25) is 6.79 Å². The Kier molecular flexibility index (Phi) is 4.61. The summed E-state index contributed by atoms with van der Waals surface area (Å²) in [6.07, 6.45) is 0.807. The van der Waals surface area contributed by atoms with Crippen LogP contribution in [0.15, 0.2) is 54.6 Å². The van der Waals surface area contributed by atoms with Gasteiger partial charge in [0.15, 0.2) is 0 Å². The molecule has 0 saturated carbocycles. The molecule has 0 heterocycles. The van der Waals surface area contributed by atoms with E-state index in [0.717, 1.165) is 23.5 Å². The minimum Gasteiger partial charge on any atom is -0.458 e. The smallest absolute Gasteiger partial charge is 0.230 e. The van der Waals surface area contributed by atoms with E-state index in [1.54, 1.807) is 0 Å². The van der Waals surface area contributed by atoms with Crippen molar-refractivity contribution in [3.63, 3.8) is 0 Å². The Morgan fingerprint density at radius 3 is 2.33 bits per heavy atom. The van der Waals surface area contributed by atoms with Gasteiger partial charge in [-0.15, -0.1) is 0 Å². The lowest BCUT2D eigenvalue weighted by Gasteiger charge is -2.11. The van der Waals surface area contributed by atoms with Gasteiger partial charge in [-0.2, -0.15) is 0 Å². The minimum absolute atomic E-state index is 0.200. The third-order valence-electron chi connectivity index (χ3n) is 2.57. The molecule has 0 aliphatic carbocycles. The first-order chi connectivity index (χ1) is 8.90. The molecule has 0 saturated heterocycles. The van der Waals surface area contributed by atoms with E-state index in [4.69, 9.17) is 15.2 Å². The Hall–Kier alpha value is -2.00. The summed E-state index contributed by atoms with van der Waals surface area (Å²) in [5, 5.41) is 0. The van der Waals surface area contributed by atoms with Gasteiger partial charge in [0, 0.05) is 0 Å². The van der Waals surface area contributed by atoms with Gasteiger partial charge < -0.3 is 15.2 Å². The van der Waals surface area contributed by atoms with Crippen LogP contribution in [0.5, 0.6) is 11.5 Å². The molecule has 2 rings (SSSR count). The van der Waals surface area contributed by atoms with Crippen LogP contribution in [0.3, 0.4) is 0 Å². The van der Waals surface area contributed by atoms with Crippen molar-refractivity contribution in [1.82, 2.24) is 0 Å². The summed E-state index contributed by atoms with van der Waals surface area (Å²) in [7, 11) is 0. The Labute approximate surface area is 107 Å². The summed E-state index contributed by atoms with van der Waals surface area (Å²) in [5.74, 6) is 1.63. The first-order valence-corrected chi connectivity index (χ1v) is 5.99. The second-order valence-electron chi connectivity index (χ2n) is 3.87. The molecule has 0 aliphatic heterocycles. The molecule has 0 spiro atoms. The Morgan fingerprint density at radius 1 is 0.833 bits per heavy atom. The zero-order chi connectivity index (χ0) is 12.6. The van der Waals surface area contributed by atoms with Gasteiger partial charge in [0.25, 0.3) is 0 Å². The van der Waals surface area contributed by atoms with Crippen molar-refractivity contribution < 1.29 is 9.47 Å². The normalized spacial score (nSPS) is 10.1. The summed E-state index contributed by atoms with van der Waals surface area (Å²) in [6, 6.07) is 17.5. The molecule has 2 aromatic carbocycles. The second kappa shape index (κ2) is 6.67. The standard InChI is InChI=1S/C15H17NO2/c16-11-10-13-6-4-5-9-15(13)18-12-17-14-7-2-1-3-8-14/h1-9H,10-12,16H2. The molecule has 2 N–H and O–H groups in total. The van der Waals surface area contributed by atoms with Crippen molar-refractivity contribution in [3.05, 3.63) is 60.2 Å². The predicted molar refractivity (Wildman–Crippen MR) is 71.8 cm³/mol. The maximum Gasteiger partial charge on any atom is 0.230 e. The van der Waals surface area contributed by atoms with Crippen molar-refractivity contribution in [2.75, 3.05) is 13.3 Å². The minimum atomic E-state index is 0.200. The Balaban J connectivity index is 1.90. The van der Waals surface area contributed by atoms with Crippen LogP contribution in [0.1, 0.15) is 5.56 Å². The van der Waals surface area contributed by atoms with Gasteiger partial charge in [-0.25, -0.2) is 0 Å². The van der Waals surface area contributed by atoms with Crippen LogP contribution >= 0.6 is 0 Å². The molecule has 0 amide bonds. The van der Waals surface area contributed by atoms with Gasteiger partial charge >= 0.3 is 0 Å². The van der Waals surface area contributed by atoms with Crippen molar-refractivity contribution in [2.24, 2.45) is 5.73 Å². The van der Waals surface area contributed by atoms with Crippen molar-refractivity contribution in [1.29, 1.82) is 0 Å². The van der Waals surface area contributed by atoms with Gasteiger partial charge in [-0.1, -0.05) is 36.4 Å². The molecule has 0 atom stereocenters. The molecule has 0 bridgehead atoms. The summed E-state index contributed by atoms with van der Waals surface area (Å²) < 4.78 is 11.1. The highest BCUT2D eigenvalue weighted by Crippen LogP contribution is 2.18. The highest BCUT2D eigenvalue weighted by Gasteiger charge is 2.01. The van der Waals surface area contributed by atoms with Crippen molar-refractivity contribution in [3.8, 4) is 11.5 Å². The molecule has 0 aliphatic rings. The summed E-state index contributed by atoms with van der Waals surface area (Å²) in [4.78, 5) is 0. The molecule has 3 nitrogen and oxygen atoms in total. The van der Waals surface area contributed by atoms with E-state index in [0.29, 0.717) is 6.54 Å². The molecular weight excluding hydrogens is 226 g/mol. The number of hydrogen-bond acceptors (Lipinski definition) is 3. The average molecular weight is 243 g/mol. The maximum atomic E-state index is 5.62. The molecule has 2 aromatic rings. The van der Waals surface area contributed by atoms with Crippen molar-refractivity contribution >= 4 is 0 Å². The highest BCUT2D eigenvalue weighted by molar-refractivity contribution is 5.33. The zero-order valence-electron chi connectivity index (χ0n) is 10.2. The van der Waals surface area contributed by atoms with Gasteiger partial charge in [0.05, 0.1) is 0 Å². The van der Waals surface area contributed by atoms with Crippen LogP contribution < -0.4 is 15.2 Å². The molecule has 0 unspecified atom stereocenters. The fraction of sp³-hybridized carbons (Fsp3) is 0.200. The largest absolute Gasteiger partial charge is 0.458 e. The first-order valence-electron chi connectivity index (χ1n) is 5.99. The molecule has 0 radical (unpaired) electrons. The van der Waals surface area contributed by atoms with Crippen molar-refractivity contribution in [2.45, 2.75) is 6.42 Å². The summed E-state index contributed by atoms with van der Waals surface area (Å²) in [6.45, 7) is 0.811. The van der Waals surface area contributed by atoms with Crippen LogP contribution in [-0.4, -0.2) is 13.3 Å². The number of benzene rings is 2. The maximum absolute atomic E-state index is 5.62. The van der Waals surface area contributed by atoms with E-state index in [1.165, 1.54) is 0 Å². The second-order valence-corrected chi connectivity index (χ2v) is 3.87. The number of nitrogens with two attached hydrogens (primary N) is 1. The summed E-state index contributed by atoms with van der Waals surface area (Å²) in [5.41, 5.74) is 6.67. The Morgan fingerprint density at radius 2 is 1.56 bits per heavy atom. The topological polar surface area (TPSA) is 44.5 Å². The van der Waals surface area contributed by atoms with Crippen LogP contribution in [0.2, 0.25) is 0 Å². The third-order valence-corrected chi connectivity index (χ3v) is 2.57. The predicted octanol–water partition coefficient (Wildman–Crippen LogP) is 2.60. The number of rotatable bonds is 6. The third kappa shape index (κ3) is 3.50. The zero-order valence-corrected chi connectivity index (χ0v) is 10.2. The fourth-order valence-electron chi connectivity index (χ4n) is 1.68. The number of hydrogen-bond donors (Lipinski definition) is 1. The van der Waals surface area contributed by atoms with Crippen LogP contribution in [-0.2, 0) is 6.42 Å². The van der Waals surface area contributed by atoms with E-state index in [9.17, 15) is 0 Å². The van der Waals surface area contributed by atoms with Gasteiger partial charge in [-0.05, 0) is 36.7 Å². The van der Waals surface area contributed by atoms with E-state index in [2.05, 4.69) is 0 Å². The lowest BCUT2D eigenvalue weighted by Crippen LogP contribution is -2.09. The molecule has 94 valence electrons. The molecule has 0 fully saturated rings. The highest BCUT2D eigenvalue weighted by atomic mass is 16.7. The lowest BCUT2D eigenvalue weighted by molar-refractivity contribution is 0.119. The van der Waals surface area contributed by atoms with Crippen LogP contribution in [0.4, 0.5) is 0 Å². The van der Waals surface area contributed by atoms with Crippen LogP contribution in [0.25, 0.3) is 0 Å². The van der Waals surface area contributed by atoms with Gasteiger partial charge in [-0.3, -0.25) is 0 Å². The molecular formula is C15H17NO2. The van der Waals surface area contributed by atoms with Gasteiger partial charge in [0.1, 0.15) is 11.5 Å². The molecule has 3 heteroatoms. The van der Waals surface area contributed by atoms with E-state index >= 15 is 0 Å². The molecule has 18 heavy (non-hydrogen) atoms. The van der Waals surface area contributed by atoms with Crippen LogP contribution in [0, 0.1) is 0 Å².